The van der Waals surface area contributed by atoms with E-state index in [4.69, 9.17) is 11.5 Å². The molecule has 1 aliphatic heterocycles. The number of hydrogen-bond donors (Lipinski definition) is 2. The van der Waals surface area contributed by atoms with E-state index >= 15 is 0 Å². The van der Waals surface area contributed by atoms with Crippen molar-refractivity contribution in [2.75, 3.05) is 0 Å². The molecule has 2 fully saturated rings. The second-order valence-corrected chi connectivity index (χ2v) is 5.25. The van der Waals surface area contributed by atoms with E-state index in [0.717, 1.165) is 19.3 Å². The van der Waals surface area contributed by atoms with Crippen LogP contribution < -0.4 is 70.6 Å². The molecule has 1 aliphatic carbocycles. The summed E-state index contributed by atoms with van der Waals surface area (Å²) < 4.78 is 0. The third-order valence-corrected chi connectivity index (χ3v) is 4.22. The van der Waals surface area contributed by atoms with E-state index in [0.29, 0.717) is 12.8 Å². The van der Waals surface area contributed by atoms with Crippen LogP contribution in [0.15, 0.2) is 0 Å². The topological polar surface area (TPSA) is 164 Å². The van der Waals surface area contributed by atoms with Gasteiger partial charge >= 0.3 is 59.1 Å². The molecule has 4 amide bonds. The van der Waals surface area contributed by atoms with Crippen LogP contribution in [-0.2, 0) is 19.2 Å². The third-order valence-electron chi connectivity index (χ3n) is 4.22. The Morgan fingerprint density at radius 2 is 1.27 bits per heavy atom. The SMILES string of the molecule is NC(=O)C1C(=O)[N-]C(=O)C(C(N)=O)C12CCCCC2.[Na+].[Na+].[OH-]. The normalized spacial score (nSPS) is 25.8. The van der Waals surface area contributed by atoms with Crippen molar-refractivity contribution in [3.05, 3.63) is 5.32 Å². The van der Waals surface area contributed by atoms with E-state index in [1.165, 1.54) is 0 Å². The van der Waals surface area contributed by atoms with Crippen LogP contribution in [0.25, 0.3) is 5.32 Å². The Morgan fingerprint density at radius 3 is 1.59 bits per heavy atom. The molecule has 1 saturated carbocycles. The van der Waals surface area contributed by atoms with Crippen molar-refractivity contribution in [2.24, 2.45) is 28.7 Å². The molecule has 2 rings (SSSR count). The predicted octanol–water partition coefficient (Wildman–Crippen LogP) is -6.59. The Morgan fingerprint density at radius 1 is 0.909 bits per heavy atom. The summed E-state index contributed by atoms with van der Waals surface area (Å²) in [4.78, 5) is 46.9. The zero-order valence-corrected chi connectivity index (χ0v) is 16.9. The molecule has 0 aromatic heterocycles. The van der Waals surface area contributed by atoms with Gasteiger partial charge in [-0.05, 0) is 12.8 Å². The average Bonchev–Trinajstić information content (AvgIpc) is 2.27. The number of primary amides is 2. The summed E-state index contributed by atoms with van der Waals surface area (Å²) >= 11 is 0. The molecule has 22 heavy (non-hydrogen) atoms. The van der Waals surface area contributed by atoms with Gasteiger partial charge < -0.3 is 31.8 Å². The molecule has 1 saturated heterocycles. The smallest absolute Gasteiger partial charge is 0.870 e. The molecule has 2 aliphatic rings. The van der Waals surface area contributed by atoms with Crippen LogP contribution in [0.5, 0.6) is 0 Å². The predicted molar refractivity (Wildman–Crippen MR) is 66.2 cm³/mol. The number of amides is 4. The van der Waals surface area contributed by atoms with E-state index in [2.05, 4.69) is 5.32 Å². The monoisotopic (exact) mass is 329 g/mol. The number of hydrogen-bond acceptors (Lipinski definition) is 5. The van der Waals surface area contributed by atoms with Crippen LogP contribution in [0.3, 0.4) is 0 Å². The quantitative estimate of drug-likeness (QED) is 0.291. The van der Waals surface area contributed by atoms with Crippen molar-refractivity contribution in [3.8, 4) is 0 Å². The van der Waals surface area contributed by atoms with Gasteiger partial charge in [-0.1, -0.05) is 19.3 Å². The average molecular weight is 329 g/mol. The van der Waals surface area contributed by atoms with Gasteiger partial charge in [-0.2, -0.15) is 0 Å². The Balaban J connectivity index is 0. The van der Waals surface area contributed by atoms with Gasteiger partial charge in [0.2, 0.25) is 11.8 Å². The molecule has 0 bridgehead atoms. The molecule has 0 radical (unpaired) electrons. The number of nitrogens with zero attached hydrogens (tertiary/aromatic N) is 1. The van der Waals surface area contributed by atoms with Crippen LogP contribution in [0, 0.1) is 17.3 Å². The van der Waals surface area contributed by atoms with E-state index in [9.17, 15) is 19.2 Å². The van der Waals surface area contributed by atoms with E-state index < -0.39 is 40.9 Å². The van der Waals surface area contributed by atoms with E-state index in [1.807, 2.05) is 0 Å². The Hall–Kier alpha value is 0.0400. The largest absolute Gasteiger partial charge is 1.00 e. The molecule has 2 atom stereocenters. The summed E-state index contributed by atoms with van der Waals surface area (Å²) in [6, 6.07) is 0. The van der Waals surface area contributed by atoms with Crippen LogP contribution in [0.2, 0.25) is 0 Å². The molecular formula is C12H17N3Na2O5. The second-order valence-electron chi connectivity index (χ2n) is 5.25. The van der Waals surface area contributed by atoms with Gasteiger partial charge in [0.15, 0.2) is 0 Å². The number of carbonyl (C=O) groups is 4. The van der Waals surface area contributed by atoms with Crippen molar-refractivity contribution in [1.82, 2.24) is 0 Å². The van der Waals surface area contributed by atoms with Crippen LogP contribution >= 0.6 is 0 Å². The molecule has 0 aromatic carbocycles. The fourth-order valence-corrected chi connectivity index (χ4v) is 3.49. The summed E-state index contributed by atoms with van der Waals surface area (Å²) in [5.74, 6) is -5.79. The first-order valence-corrected chi connectivity index (χ1v) is 6.28. The molecule has 1 spiro atoms. The van der Waals surface area contributed by atoms with Gasteiger partial charge in [-0.3, -0.25) is 9.59 Å². The van der Waals surface area contributed by atoms with Gasteiger partial charge in [0, 0.05) is 5.41 Å². The summed E-state index contributed by atoms with van der Waals surface area (Å²) in [6.07, 6.45) is 3.23. The van der Waals surface area contributed by atoms with Crippen molar-refractivity contribution >= 4 is 23.6 Å². The number of rotatable bonds is 2. The Bertz CT molecular complexity index is 432. The summed E-state index contributed by atoms with van der Waals surface area (Å²) in [5.41, 5.74) is 9.51. The molecule has 8 nitrogen and oxygen atoms in total. The first-order valence-electron chi connectivity index (χ1n) is 6.28. The maximum Gasteiger partial charge on any atom is 1.00 e. The molecule has 1 heterocycles. The Labute approximate surface area is 172 Å². The minimum absolute atomic E-state index is 0. The maximum atomic E-state index is 11.8. The zero-order valence-electron chi connectivity index (χ0n) is 12.9. The number of piperidine rings is 1. The number of nitrogens with two attached hydrogens (primary N) is 2. The van der Waals surface area contributed by atoms with Crippen LogP contribution in [0.4, 0.5) is 0 Å². The van der Waals surface area contributed by atoms with Crippen molar-refractivity contribution in [3.63, 3.8) is 0 Å². The van der Waals surface area contributed by atoms with Gasteiger partial charge in [-0.25, -0.2) is 0 Å². The molecule has 10 heteroatoms. The minimum atomic E-state index is -1.22. The summed E-state index contributed by atoms with van der Waals surface area (Å²) in [6.45, 7) is 0. The fraction of sp³-hybridized carbons (Fsp3) is 0.667. The van der Waals surface area contributed by atoms with Gasteiger partial charge in [0.1, 0.15) is 0 Å². The standard InChI is InChI=1S/C12H17N3O4.2Na.H2O/c13-8(16)6-10(18)15-11(19)7(9(14)17)12(6)4-2-1-3-5-12;;;/h6-7H,1-5H2,(H5,13,14,15,16,17,18,19);;;1H2/q;2*+1;/p-2. The molecule has 0 aromatic rings. The van der Waals surface area contributed by atoms with Crippen LogP contribution in [-0.4, -0.2) is 29.1 Å². The first-order chi connectivity index (χ1) is 8.90. The second kappa shape index (κ2) is 9.36. The van der Waals surface area contributed by atoms with Gasteiger partial charge in [0.05, 0.1) is 23.7 Å². The molecule has 112 valence electrons. The van der Waals surface area contributed by atoms with Crippen LogP contribution in [0.1, 0.15) is 32.1 Å². The fourth-order valence-electron chi connectivity index (χ4n) is 3.49. The molecule has 2 unspecified atom stereocenters. The van der Waals surface area contributed by atoms with Gasteiger partial charge in [0.25, 0.3) is 0 Å². The first kappa shape index (κ1) is 24.3. The minimum Gasteiger partial charge on any atom is -0.870 e. The van der Waals surface area contributed by atoms with Gasteiger partial charge in [-0.15, -0.1) is 0 Å². The van der Waals surface area contributed by atoms with E-state index in [-0.39, 0.29) is 64.6 Å². The maximum absolute atomic E-state index is 11.8. The number of imide groups is 1. The summed E-state index contributed by atoms with van der Waals surface area (Å²) in [5, 5.41) is 3.26. The van der Waals surface area contributed by atoms with Crippen molar-refractivity contribution in [1.29, 1.82) is 0 Å². The van der Waals surface area contributed by atoms with Crippen molar-refractivity contribution < 1.29 is 83.8 Å². The zero-order chi connectivity index (χ0) is 14.2. The summed E-state index contributed by atoms with van der Waals surface area (Å²) in [7, 11) is 0. The third kappa shape index (κ3) is 4.11. The number of carbonyl (C=O) groups excluding carboxylic acids is 4. The molecular weight excluding hydrogens is 312 g/mol. The molecule has 5 N–H and O–H groups in total. The Kier molecular flexibility index (Phi) is 10.3. The van der Waals surface area contributed by atoms with Crippen molar-refractivity contribution in [2.45, 2.75) is 32.1 Å². The van der Waals surface area contributed by atoms with E-state index in [1.54, 1.807) is 0 Å².